The highest BCUT2D eigenvalue weighted by Crippen LogP contribution is 2.20. The predicted octanol–water partition coefficient (Wildman–Crippen LogP) is 2.49. The topological polar surface area (TPSA) is 56.0 Å². The van der Waals surface area contributed by atoms with Gasteiger partial charge in [-0.25, -0.2) is 4.98 Å². The Bertz CT molecular complexity index is 318. The fraction of sp³-hybridized carbons (Fsp3) is 0.167. The Balaban J connectivity index is 3.20. The van der Waals surface area contributed by atoms with E-state index in [1.807, 2.05) is 0 Å². The van der Waals surface area contributed by atoms with Crippen LogP contribution < -0.4 is 0 Å². The van der Waals surface area contributed by atoms with Crippen LogP contribution in [0, 0.1) is 10.1 Å². The third-order valence-electron chi connectivity index (χ3n) is 1.24. The summed E-state index contributed by atoms with van der Waals surface area (Å²) in [5.74, 6) is 0.0375. The average Bonchev–Trinajstić information content (AvgIpc) is 2.03. The molecule has 0 aliphatic carbocycles. The Morgan fingerprint density at radius 3 is 2.83 bits per heavy atom. The SMILES string of the molecule is O=[N+]([O-])c1ccc(Br)nc1CCl. The maximum atomic E-state index is 10.4. The molecule has 0 saturated carbocycles. The van der Waals surface area contributed by atoms with Gasteiger partial charge >= 0.3 is 0 Å². The summed E-state index contributed by atoms with van der Waals surface area (Å²) in [7, 11) is 0. The van der Waals surface area contributed by atoms with Gasteiger partial charge < -0.3 is 0 Å². The quantitative estimate of drug-likeness (QED) is 0.351. The van der Waals surface area contributed by atoms with E-state index in [-0.39, 0.29) is 17.3 Å². The number of hydrogen-bond donors (Lipinski definition) is 0. The molecule has 1 aromatic rings. The van der Waals surface area contributed by atoms with E-state index in [1.54, 1.807) is 0 Å². The van der Waals surface area contributed by atoms with Crippen molar-refractivity contribution in [2.24, 2.45) is 0 Å². The summed E-state index contributed by atoms with van der Waals surface area (Å²) < 4.78 is 0.545. The molecule has 6 heteroatoms. The second-order valence-corrected chi connectivity index (χ2v) is 3.07. The first-order chi connectivity index (χ1) is 5.65. The van der Waals surface area contributed by atoms with Crippen molar-refractivity contribution >= 4 is 33.2 Å². The summed E-state index contributed by atoms with van der Waals surface area (Å²) in [6.07, 6.45) is 0. The molecular weight excluding hydrogens is 247 g/mol. The zero-order chi connectivity index (χ0) is 9.14. The lowest BCUT2D eigenvalue weighted by Crippen LogP contribution is -1.96. The van der Waals surface area contributed by atoms with E-state index in [0.29, 0.717) is 4.60 Å². The van der Waals surface area contributed by atoms with Gasteiger partial charge in [0.15, 0.2) is 0 Å². The van der Waals surface area contributed by atoms with Crippen LogP contribution in [0.5, 0.6) is 0 Å². The first-order valence-corrected chi connectivity index (χ1v) is 4.33. The number of hydrogen-bond acceptors (Lipinski definition) is 3. The Hall–Kier alpha value is -0.680. The van der Waals surface area contributed by atoms with E-state index < -0.39 is 4.92 Å². The molecule has 0 aliphatic heterocycles. The molecular formula is C6H4BrClN2O2. The molecule has 0 saturated heterocycles. The summed E-state index contributed by atoms with van der Waals surface area (Å²) in [4.78, 5) is 13.7. The number of nitro groups is 1. The zero-order valence-corrected chi connectivity index (χ0v) is 8.17. The van der Waals surface area contributed by atoms with Gasteiger partial charge in [-0.15, -0.1) is 11.6 Å². The molecule has 0 amide bonds. The molecule has 0 aromatic carbocycles. The normalized spacial score (nSPS) is 9.83. The molecule has 12 heavy (non-hydrogen) atoms. The Morgan fingerprint density at radius 2 is 2.33 bits per heavy atom. The molecule has 1 aromatic heterocycles. The van der Waals surface area contributed by atoms with Gasteiger partial charge in [-0.1, -0.05) is 0 Å². The van der Waals surface area contributed by atoms with Crippen molar-refractivity contribution in [3.8, 4) is 0 Å². The van der Waals surface area contributed by atoms with Gasteiger partial charge in [0, 0.05) is 6.07 Å². The van der Waals surface area contributed by atoms with Crippen LogP contribution >= 0.6 is 27.5 Å². The highest BCUT2D eigenvalue weighted by molar-refractivity contribution is 9.10. The van der Waals surface area contributed by atoms with Crippen molar-refractivity contribution in [1.82, 2.24) is 4.98 Å². The summed E-state index contributed by atoms with van der Waals surface area (Å²) in [5.41, 5.74) is 0.226. The number of pyridine rings is 1. The molecule has 0 atom stereocenters. The summed E-state index contributed by atoms with van der Waals surface area (Å²) in [6.45, 7) is 0. The number of alkyl halides is 1. The van der Waals surface area contributed by atoms with Gasteiger partial charge in [0.1, 0.15) is 10.3 Å². The van der Waals surface area contributed by atoms with Crippen LogP contribution in [0.2, 0.25) is 0 Å². The number of aromatic nitrogens is 1. The van der Waals surface area contributed by atoms with Crippen molar-refractivity contribution in [1.29, 1.82) is 0 Å². The zero-order valence-electron chi connectivity index (χ0n) is 5.83. The molecule has 1 heterocycles. The number of nitrogens with zero attached hydrogens (tertiary/aromatic N) is 2. The molecule has 0 N–H and O–H groups in total. The van der Waals surface area contributed by atoms with Crippen LogP contribution in [0.4, 0.5) is 5.69 Å². The van der Waals surface area contributed by atoms with Crippen LogP contribution in [0.25, 0.3) is 0 Å². The molecule has 64 valence electrons. The Morgan fingerprint density at radius 1 is 1.67 bits per heavy atom. The van der Waals surface area contributed by atoms with Crippen LogP contribution in [-0.2, 0) is 5.88 Å². The molecule has 0 spiro atoms. The third kappa shape index (κ3) is 1.92. The Labute approximate surface area is 81.8 Å². The van der Waals surface area contributed by atoms with Gasteiger partial charge in [-0.2, -0.15) is 0 Å². The smallest absolute Gasteiger partial charge is 0.258 e. The molecule has 0 aliphatic rings. The fourth-order valence-electron chi connectivity index (χ4n) is 0.732. The van der Waals surface area contributed by atoms with E-state index in [0.717, 1.165) is 0 Å². The second-order valence-electron chi connectivity index (χ2n) is 1.99. The van der Waals surface area contributed by atoms with Crippen molar-refractivity contribution in [2.45, 2.75) is 5.88 Å². The molecule has 4 nitrogen and oxygen atoms in total. The van der Waals surface area contributed by atoms with Crippen molar-refractivity contribution in [3.63, 3.8) is 0 Å². The average molecular weight is 251 g/mol. The van der Waals surface area contributed by atoms with Crippen molar-refractivity contribution in [3.05, 3.63) is 32.5 Å². The lowest BCUT2D eigenvalue weighted by molar-refractivity contribution is -0.385. The molecule has 0 fully saturated rings. The minimum atomic E-state index is -0.503. The number of rotatable bonds is 2. The second kappa shape index (κ2) is 3.82. The summed E-state index contributed by atoms with van der Waals surface area (Å²) >= 11 is 8.55. The maximum Gasteiger partial charge on any atom is 0.292 e. The van der Waals surface area contributed by atoms with Crippen molar-refractivity contribution in [2.75, 3.05) is 0 Å². The molecule has 0 radical (unpaired) electrons. The maximum absolute atomic E-state index is 10.4. The van der Waals surface area contributed by atoms with E-state index in [2.05, 4.69) is 20.9 Å². The summed E-state index contributed by atoms with van der Waals surface area (Å²) in [5, 5.41) is 10.4. The van der Waals surface area contributed by atoms with Crippen molar-refractivity contribution < 1.29 is 4.92 Å². The Kier molecular flexibility index (Phi) is 2.99. The van der Waals surface area contributed by atoms with Gasteiger partial charge in [0.25, 0.3) is 5.69 Å². The standard InChI is InChI=1S/C6H4BrClN2O2/c7-6-2-1-5(10(11)12)4(3-8)9-6/h1-2H,3H2. The molecule has 0 unspecified atom stereocenters. The fourth-order valence-corrected chi connectivity index (χ4v) is 1.27. The van der Waals surface area contributed by atoms with Gasteiger partial charge in [0.2, 0.25) is 0 Å². The van der Waals surface area contributed by atoms with Gasteiger partial charge in [0.05, 0.1) is 10.8 Å². The number of halogens is 2. The highest BCUT2D eigenvalue weighted by atomic mass is 79.9. The minimum Gasteiger partial charge on any atom is -0.258 e. The van der Waals surface area contributed by atoms with Crippen LogP contribution in [-0.4, -0.2) is 9.91 Å². The molecule has 0 bridgehead atoms. The monoisotopic (exact) mass is 250 g/mol. The van der Waals surface area contributed by atoms with Gasteiger partial charge in [-0.05, 0) is 22.0 Å². The van der Waals surface area contributed by atoms with E-state index in [1.165, 1.54) is 12.1 Å². The lowest BCUT2D eigenvalue weighted by atomic mass is 10.3. The van der Waals surface area contributed by atoms with Crippen LogP contribution in [0.3, 0.4) is 0 Å². The molecule has 1 rings (SSSR count). The van der Waals surface area contributed by atoms with Crippen LogP contribution in [0.15, 0.2) is 16.7 Å². The van der Waals surface area contributed by atoms with Crippen LogP contribution in [0.1, 0.15) is 5.69 Å². The van der Waals surface area contributed by atoms with E-state index in [4.69, 9.17) is 11.6 Å². The first-order valence-electron chi connectivity index (χ1n) is 3.01. The summed E-state index contributed by atoms with van der Waals surface area (Å²) in [6, 6.07) is 2.88. The third-order valence-corrected chi connectivity index (χ3v) is 1.93. The van der Waals surface area contributed by atoms with Gasteiger partial charge in [-0.3, -0.25) is 10.1 Å². The lowest BCUT2D eigenvalue weighted by Gasteiger charge is -1.97. The first kappa shape index (κ1) is 9.41. The largest absolute Gasteiger partial charge is 0.292 e. The minimum absolute atomic E-state index is 0.0375. The van der Waals surface area contributed by atoms with E-state index in [9.17, 15) is 10.1 Å². The highest BCUT2D eigenvalue weighted by Gasteiger charge is 2.13. The van der Waals surface area contributed by atoms with E-state index >= 15 is 0 Å². The predicted molar refractivity (Wildman–Crippen MR) is 48.1 cm³/mol.